The molecule has 0 saturated heterocycles. The number of benzene rings is 1. The third-order valence-corrected chi connectivity index (χ3v) is 2.84. The van der Waals surface area contributed by atoms with Crippen molar-refractivity contribution in [2.24, 2.45) is 0 Å². The minimum absolute atomic E-state index is 0.0822. The maximum Gasteiger partial charge on any atom is 0.330 e. The highest BCUT2D eigenvalue weighted by atomic mass is 16.5. The van der Waals surface area contributed by atoms with E-state index >= 15 is 0 Å². The predicted molar refractivity (Wildman–Crippen MR) is 77.6 cm³/mol. The molecule has 1 aromatic rings. The van der Waals surface area contributed by atoms with E-state index in [2.05, 4.69) is 11.7 Å². The number of rotatable bonds is 8. The summed E-state index contributed by atoms with van der Waals surface area (Å²) in [6.07, 6.45) is 4.93. The van der Waals surface area contributed by atoms with Gasteiger partial charge < -0.3 is 14.2 Å². The van der Waals surface area contributed by atoms with Gasteiger partial charge in [0, 0.05) is 6.08 Å². The van der Waals surface area contributed by atoms with Crippen LogP contribution in [0.4, 0.5) is 0 Å². The zero-order valence-corrected chi connectivity index (χ0v) is 12.3. The summed E-state index contributed by atoms with van der Waals surface area (Å²) in [5.74, 6) is 0.462. The van der Waals surface area contributed by atoms with Crippen molar-refractivity contribution < 1.29 is 19.0 Å². The average Bonchev–Trinajstić information content (AvgIpc) is 2.50. The number of methoxy groups -OCH3 is 2. The molecule has 1 atom stereocenters. The number of esters is 1. The van der Waals surface area contributed by atoms with Crippen molar-refractivity contribution >= 4 is 5.97 Å². The van der Waals surface area contributed by atoms with Crippen LogP contribution in [0.25, 0.3) is 0 Å². The van der Waals surface area contributed by atoms with Crippen LogP contribution in [0.1, 0.15) is 25.3 Å². The Labute approximate surface area is 120 Å². The lowest BCUT2D eigenvalue weighted by Gasteiger charge is -2.13. The minimum Gasteiger partial charge on any atom is -0.497 e. The molecule has 0 N–H and O–H groups in total. The van der Waals surface area contributed by atoms with Crippen molar-refractivity contribution in [2.45, 2.75) is 32.5 Å². The normalized spacial score (nSPS) is 12.3. The average molecular weight is 278 g/mol. The predicted octanol–water partition coefficient (Wildman–Crippen LogP) is 3.11. The second-order valence-corrected chi connectivity index (χ2v) is 4.37. The molecule has 0 heterocycles. The van der Waals surface area contributed by atoms with Gasteiger partial charge in [0.25, 0.3) is 0 Å². The molecule has 0 saturated carbocycles. The standard InChI is InChI=1S/C16H22O4/c1-4-5-15(10-11-16(17)19-3)20-12-13-6-8-14(18-2)9-7-13/h6-11,15H,4-5,12H2,1-3H3/b11-10-/t15-/m1/s1. The molecule has 1 aromatic carbocycles. The van der Waals surface area contributed by atoms with Crippen LogP contribution in [-0.4, -0.2) is 26.3 Å². The third kappa shape index (κ3) is 5.89. The molecule has 0 spiro atoms. The fourth-order valence-electron chi connectivity index (χ4n) is 1.70. The van der Waals surface area contributed by atoms with Gasteiger partial charge in [-0.05, 0) is 30.2 Å². The number of hydrogen-bond donors (Lipinski definition) is 0. The van der Waals surface area contributed by atoms with Gasteiger partial charge in [-0.25, -0.2) is 4.79 Å². The summed E-state index contributed by atoms with van der Waals surface area (Å²) >= 11 is 0. The van der Waals surface area contributed by atoms with E-state index < -0.39 is 0 Å². The van der Waals surface area contributed by atoms with Crippen LogP contribution in [0, 0.1) is 0 Å². The van der Waals surface area contributed by atoms with Crippen LogP contribution in [0.5, 0.6) is 5.75 Å². The van der Waals surface area contributed by atoms with Crippen LogP contribution in [0.3, 0.4) is 0 Å². The van der Waals surface area contributed by atoms with Gasteiger partial charge in [0.1, 0.15) is 5.75 Å². The molecule has 0 aliphatic rings. The van der Waals surface area contributed by atoms with Gasteiger partial charge in [-0.1, -0.05) is 25.5 Å². The maximum atomic E-state index is 11.1. The topological polar surface area (TPSA) is 44.8 Å². The van der Waals surface area contributed by atoms with Crippen molar-refractivity contribution in [3.63, 3.8) is 0 Å². The summed E-state index contributed by atoms with van der Waals surface area (Å²) in [4.78, 5) is 11.1. The van der Waals surface area contributed by atoms with Crippen molar-refractivity contribution in [1.29, 1.82) is 0 Å². The summed E-state index contributed by atoms with van der Waals surface area (Å²) in [5, 5.41) is 0. The Hall–Kier alpha value is -1.81. The number of carbonyl (C=O) groups excluding carboxylic acids is 1. The Morgan fingerprint density at radius 2 is 1.95 bits per heavy atom. The van der Waals surface area contributed by atoms with Crippen LogP contribution >= 0.6 is 0 Å². The molecule has 20 heavy (non-hydrogen) atoms. The van der Waals surface area contributed by atoms with Crippen LogP contribution in [-0.2, 0) is 20.9 Å². The van der Waals surface area contributed by atoms with Gasteiger partial charge in [0.05, 0.1) is 26.9 Å². The first-order chi connectivity index (χ1) is 9.69. The molecule has 1 rings (SSSR count). The first kappa shape index (κ1) is 16.2. The highest BCUT2D eigenvalue weighted by Crippen LogP contribution is 2.14. The SMILES string of the molecule is CCC[C@H](/C=C\C(=O)OC)OCc1ccc(OC)cc1. The van der Waals surface area contributed by atoms with E-state index in [9.17, 15) is 4.79 Å². The van der Waals surface area contributed by atoms with E-state index in [0.717, 1.165) is 24.2 Å². The molecule has 0 fully saturated rings. The van der Waals surface area contributed by atoms with Gasteiger partial charge >= 0.3 is 5.97 Å². The van der Waals surface area contributed by atoms with Crippen LogP contribution < -0.4 is 4.74 Å². The lowest BCUT2D eigenvalue weighted by atomic mass is 10.2. The van der Waals surface area contributed by atoms with E-state index in [4.69, 9.17) is 9.47 Å². The zero-order valence-electron chi connectivity index (χ0n) is 12.3. The van der Waals surface area contributed by atoms with Crippen molar-refractivity contribution in [3.8, 4) is 5.75 Å². The fourth-order valence-corrected chi connectivity index (χ4v) is 1.70. The van der Waals surface area contributed by atoms with Gasteiger partial charge in [-0.15, -0.1) is 0 Å². The highest BCUT2D eigenvalue weighted by molar-refractivity contribution is 5.81. The Balaban J connectivity index is 2.52. The Bertz CT molecular complexity index is 423. The molecule has 4 nitrogen and oxygen atoms in total. The van der Waals surface area contributed by atoms with Crippen molar-refractivity contribution in [3.05, 3.63) is 42.0 Å². The summed E-state index contributed by atoms with van der Waals surface area (Å²) in [7, 11) is 3.00. The second kappa shape index (κ2) is 9.15. The van der Waals surface area contributed by atoms with Crippen LogP contribution in [0.15, 0.2) is 36.4 Å². The van der Waals surface area contributed by atoms with Gasteiger partial charge in [-0.3, -0.25) is 0 Å². The molecule has 0 unspecified atom stereocenters. The van der Waals surface area contributed by atoms with E-state index in [0.29, 0.717) is 6.61 Å². The molecule has 0 aliphatic carbocycles. The highest BCUT2D eigenvalue weighted by Gasteiger charge is 2.06. The van der Waals surface area contributed by atoms with Gasteiger partial charge in [0.15, 0.2) is 0 Å². The molecule has 0 amide bonds. The molecule has 0 aromatic heterocycles. The van der Waals surface area contributed by atoms with E-state index in [-0.39, 0.29) is 12.1 Å². The molecular formula is C16H22O4. The summed E-state index contributed by atoms with van der Waals surface area (Å²) in [6.45, 7) is 2.58. The van der Waals surface area contributed by atoms with E-state index in [1.807, 2.05) is 24.3 Å². The lowest BCUT2D eigenvalue weighted by molar-refractivity contribution is -0.134. The minimum atomic E-state index is -0.362. The third-order valence-electron chi connectivity index (χ3n) is 2.84. The van der Waals surface area contributed by atoms with E-state index in [1.165, 1.54) is 13.2 Å². The second-order valence-electron chi connectivity index (χ2n) is 4.37. The Morgan fingerprint density at radius 1 is 1.25 bits per heavy atom. The first-order valence-electron chi connectivity index (χ1n) is 6.70. The number of hydrogen-bond acceptors (Lipinski definition) is 4. The molecule has 4 heteroatoms. The summed E-state index contributed by atoms with van der Waals surface area (Å²) in [6, 6.07) is 7.73. The molecule has 0 radical (unpaired) electrons. The van der Waals surface area contributed by atoms with E-state index in [1.54, 1.807) is 13.2 Å². The first-order valence-corrected chi connectivity index (χ1v) is 6.70. The maximum absolute atomic E-state index is 11.1. The number of ether oxygens (including phenoxy) is 3. The van der Waals surface area contributed by atoms with Crippen molar-refractivity contribution in [2.75, 3.05) is 14.2 Å². The molecule has 0 bridgehead atoms. The Morgan fingerprint density at radius 3 is 2.50 bits per heavy atom. The quantitative estimate of drug-likeness (QED) is 0.541. The van der Waals surface area contributed by atoms with Gasteiger partial charge in [0.2, 0.25) is 0 Å². The fraction of sp³-hybridized carbons (Fsp3) is 0.438. The molecular weight excluding hydrogens is 256 g/mol. The zero-order chi connectivity index (χ0) is 14.8. The smallest absolute Gasteiger partial charge is 0.330 e. The van der Waals surface area contributed by atoms with Crippen LogP contribution in [0.2, 0.25) is 0 Å². The monoisotopic (exact) mass is 278 g/mol. The summed E-state index contributed by atoms with van der Waals surface area (Å²) < 4.78 is 15.5. The van der Waals surface area contributed by atoms with Crippen molar-refractivity contribution in [1.82, 2.24) is 0 Å². The Kier molecular flexibility index (Phi) is 7.43. The molecule has 0 aliphatic heterocycles. The lowest BCUT2D eigenvalue weighted by Crippen LogP contribution is -2.10. The largest absolute Gasteiger partial charge is 0.497 e. The van der Waals surface area contributed by atoms with Gasteiger partial charge in [-0.2, -0.15) is 0 Å². The summed E-state index contributed by atoms with van der Waals surface area (Å²) in [5.41, 5.74) is 1.07. The number of carbonyl (C=O) groups is 1. The molecule has 110 valence electrons.